The van der Waals surface area contributed by atoms with E-state index in [2.05, 4.69) is 6.58 Å². The van der Waals surface area contributed by atoms with Crippen LogP contribution in [0, 0.1) is 16.7 Å². The Hall–Kier alpha value is -1.28. The normalized spacial score (nSPS) is 51.6. The van der Waals surface area contributed by atoms with Gasteiger partial charge in [-0.3, -0.25) is 9.59 Å². The van der Waals surface area contributed by atoms with Crippen molar-refractivity contribution >= 4 is 11.8 Å². The zero-order valence-corrected chi connectivity index (χ0v) is 18.2. The van der Waals surface area contributed by atoms with Crippen LogP contribution in [0.1, 0.15) is 60.8 Å². The van der Waals surface area contributed by atoms with Crippen LogP contribution in [0.25, 0.3) is 0 Å². The van der Waals surface area contributed by atoms with E-state index < -0.39 is 63.6 Å². The fourth-order valence-corrected chi connectivity index (χ4v) is 6.66. The number of ether oxygens (including phenoxy) is 2. The van der Waals surface area contributed by atoms with Crippen LogP contribution in [0.5, 0.6) is 0 Å². The van der Waals surface area contributed by atoms with Gasteiger partial charge in [0.1, 0.15) is 5.60 Å². The summed E-state index contributed by atoms with van der Waals surface area (Å²) in [6.45, 7) is 13.6. The third-order valence-electron chi connectivity index (χ3n) is 8.02. The zero-order valence-electron chi connectivity index (χ0n) is 18.2. The van der Waals surface area contributed by atoms with Crippen LogP contribution in [-0.2, 0) is 19.1 Å². The Bertz CT molecular complexity index is 747. The molecular formula is C22H34O7. The van der Waals surface area contributed by atoms with E-state index in [4.69, 9.17) is 9.47 Å². The zero-order chi connectivity index (χ0) is 22.2. The third kappa shape index (κ3) is 2.63. The number of hydrogen-bond acceptors (Lipinski definition) is 7. The van der Waals surface area contributed by atoms with Crippen molar-refractivity contribution in [3.63, 3.8) is 0 Å². The van der Waals surface area contributed by atoms with Crippen molar-refractivity contribution in [2.45, 2.75) is 95.9 Å². The first-order chi connectivity index (χ1) is 13.1. The molecule has 3 aliphatic rings. The molecule has 7 nitrogen and oxygen atoms in total. The molecule has 1 saturated heterocycles. The lowest BCUT2D eigenvalue weighted by atomic mass is 9.40. The van der Waals surface area contributed by atoms with Gasteiger partial charge in [0.05, 0.1) is 17.8 Å². The number of aliphatic hydroxyl groups is 3. The van der Waals surface area contributed by atoms with Crippen molar-refractivity contribution in [3.8, 4) is 0 Å². The molecule has 0 radical (unpaired) electrons. The Morgan fingerprint density at radius 3 is 2.34 bits per heavy atom. The summed E-state index contributed by atoms with van der Waals surface area (Å²) < 4.78 is 11.8. The summed E-state index contributed by atoms with van der Waals surface area (Å²) >= 11 is 0. The second-order valence-corrected chi connectivity index (χ2v) is 10.4. The SMILES string of the molecule is C=C[C@@]1(C)CC(=O)[C@@]2(O)[C@](C)(O1)C(OC(C)=O)C(O)C1C(C)(C)CC[C@H](O)[C@@]12C. The monoisotopic (exact) mass is 410 g/mol. The standard InChI is InChI=1S/C22H34O7/c1-8-19(5)11-14(25)22(27)20(6)13(24)9-10-18(3,4)16(20)15(26)17(28-12(2)23)21(22,7)29-19/h8,13,15-17,24,26-27H,1,9-11H2,2-7H3/t13-,15?,16?,17?,19-,20-,21+,22-/m0/s1. The Morgan fingerprint density at radius 1 is 1.24 bits per heavy atom. The first kappa shape index (κ1) is 22.4. The molecule has 8 atom stereocenters. The Kier molecular flexibility index (Phi) is 4.91. The highest BCUT2D eigenvalue weighted by Crippen LogP contribution is 2.66. The first-order valence-corrected chi connectivity index (χ1v) is 10.2. The van der Waals surface area contributed by atoms with Crippen LogP contribution < -0.4 is 0 Å². The Morgan fingerprint density at radius 2 is 1.83 bits per heavy atom. The van der Waals surface area contributed by atoms with E-state index in [0.717, 1.165) is 0 Å². The van der Waals surface area contributed by atoms with E-state index in [1.165, 1.54) is 19.9 Å². The van der Waals surface area contributed by atoms with Gasteiger partial charge in [-0.25, -0.2) is 0 Å². The number of Topliss-reactive ketones (excluding diaryl/α,β-unsaturated/α-hetero) is 1. The molecular weight excluding hydrogens is 376 g/mol. The molecule has 0 aromatic rings. The average molecular weight is 411 g/mol. The molecule has 0 aromatic heterocycles. The summed E-state index contributed by atoms with van der Waals surface area (Å²) in [6, 6.07) is 0. The lowest BCUT2D eigenvalue weighted by molar-refractivity contribution is -0.370. The van der Waals surface area contributed by atoms with Crippen LogP contribution >= 0.6 is 0 Å². The molecule has 7 heteroatoms. The van der Waals surface area contributed by atoms with Crippen LogP contribution in [0.2, 0.25) is 0 Å². The second kappa shape index (κ2) is 6.36. The predicted molar refractivity (Wildman–Crippen MR) is 105 cm³/mol. The van der Waals surface area contributed by atoms with Crippen molar-refractivity contribution in [2.75, 3.05) is 0 Å². The van der Waals surface area contributed by atoms with Gasteiger partial charge < -0.3 is 24.8 Å². The van der Waals surface area contributed by atoms with Crippen molar-refractivity contribution in [2.24, 2.45) is 16.7 Å². The molecule has 3 fully saturated rings. The predicted octanol–water partition coefficient (Wildman–Crippen LogP) is 1.52. The summed E-state index contributed by atoms with van der Waals surface area (Å²) in [4.78, 5) is 25.5. The van der Waals surface area contributed by atoms with Crippen molar-refractivity contribution in [1.82, 2.24) is 0 Å². The van der Waals surface area contributed by atoms with Crippen molar-refractivity contribution in [1.29, 1.82) is 0 Å². The molecule has 29 heavy (non-hydrogen) atoms. The maximum atomic E-state index is 13.6. The van der Waals surface area contributed by atoms with Crippen LogP contribution in [0.15, 0.2) is 12.7 Å². The Labute approximate surface area is 172 Å². The van der Waals surface area contributed by atoms with E-state index in [9.17, 15) is 24.9 Å². The molecule has 0 bridgehead atoms. The van der Waals surface area contributed by atoms with E-state index in [1.807, 2.05) is 13.8 Å². The van der Waals surface area contributed by atoms with Gasteiger partial charge in [-0.1, -0.05) is 26.8 Å². The van der Waals surface area contributed by atoms with Gasteiger partial charge >= 0.3 is 5.97 Å². The summed E-state index contributed by atoms with van der Waals surface area (Å²) in [5, 5.41) is 34.7. The topological polar surface area (TPSA) is 113 Å². The number of hydrogen-bond donors (Lipinski definition) is 3. The molecule has 2 saturated carbocycles. The molecule has 1 heterocycles. The molecule has 0 spiro atoms. The summed E-state index contributed by atoms with van der Waals surface area (Å²) in [5.41, 5.74) is -7.00. The molecule has 1 aliphatic heterocycles. The van der Waals surface area contributed by atoms with Crippen LogP contribution in [-0.4, -0.2) is 62.2 Å². The van der Waals surface area contributed by atoms with Crippen LogP contribution in [0.4, 0.5) is 0 Å². The molecule has 0 amide bonds. The van der Waals surface area contributed by atoms with Gasteiger partial charge in [-0.15, -0.1) is 6.58 Å². The molecule has 3 rings (SSSR count). The van der Waals surface area contributed by atoms with E-state index in [0.29, 0.717) is 12.8 Å². The van der Waals surface area contributed by atoms with Gasteiger partial charge in [-0.05, 0) is 32.1 Å². The number of rotatable bonds is 2. The maximum Gasteiger partial charge on any atom is 0.303 e. The molecule has 164 valence electrons. The van der Waals surface area contributed by atoms with Gasteiger partial charge in [0, 0.05) is 24.7 Å². The number of carbonyl (C=O) groups excluding carboxylic acids is 2. The Balaban J connectivity index is 2.33. The lowest BCUT2D eigenvalue weighted by Gasteiger charge is -2.71. The van der Waals surface area contributed by atoms with Gasteiger partial charge in [0.25, 0.3) is 0 Å². The van der Waals surface area contributed by atoms with E-state index in [1.54, 1.807) is 13.8 Å². The van der Waals surface area contributed by atoms with Crippen molar-refractivity contribution < 1.29 is 34.4 Å². The summed E-state index contributed by atoms with van der Waals surface area (Å²) in [5.74, 6) is -1.87. The van der Waals surface area contributed by atoms with E-state index in [-0.39, 0.29) is 6.42 Å². The first-order valence-electron chi connectivity index (χ1n) is 10.2. The highest BCUT2D eigenvalue weighted by atomic mass is 16.6. The molecule has 3 unspecified atom stereocenters. The highest BCUT2D eigenvalue weighted by Gasteiger charge is 2.81. The second-order valence-electron chi connectivity index (χ2n) is 10.4. The van der Waals surface area contributed by atoms with Gasteiger partial charge in [0.15, 0.2) is 17.5 Å². The summed E-state index contributed by atoms with van der Waals surface area (Å²) in [7, 11) is 0. The highest BCUT2D eigenvalue weighted by molar-refractivity contribution is 5.92. The van der Waals surface area contributed by atoms with Gasteiger partial charge in [-0.2, -0.15) is 0 Å². The minimum absolute atomic E-state index is 0.138. The quantitative estimate of drug-likeness (QED) is 0.467. The van der Waals surface area contributed by atoms with Gasteiger partial charge in [0.2, 0.25) is 0 Å². The molecule has 3 N–H and O–H groups in total. The van der Waals surface area contributed by atoms with E-state index >= 15 is 0 Å². The number of fused-ring (bicyclic) bond motifs is 3. The lowest BCUT2D eigenvalue weighted by Crippen LogP contribution is -2.86. The maximum absolute atomic E-state index is 13.6. The van der Waals surface area contributed by atoms with Crippen molar-refractivity contribution in [3.05, 3.63) is 12.7 Å². The van der Waals surface area contributed by atoms with Crippen LogP contribution in [0.3, 0.4) is 0 Å². The molecule has 2 aliphatic carbocycles. The minimum atomic E-state index is -2.18. The minimum Gasteiger partial charge on any atom is -0.457 e. The number of aliphatic hydroxyl groups excluding tert-OH is 2. The summed E-state index contributed by atoms with van der Waals surface area (Å²) in [6.07, 6.45) is -1.29. The number of esters is 1. The third-order valence-corrected chi connectivity index (χ3v) is 8.02. The largest absolute Gasteiger partial charge is 0.457 e. The fourth-order valence-electron chi connectivity index (χ4n) is 6.66. The molecule has 0 aromatic carbocycles. The fraction of sp³-hybridized carbons (Fsp3) is 0.818. The average Bonchev–Trinajstić information content (AvgIpc) is 2.59. The number of carbonyl (C=O) groups is 2. The number of ketones is 1. The smallest absolute Gasteiger partial charge is 0.303 e.